The number of nitrogens with one attached hydrogen (secondary N) is 1. The SMILES string of the molecule is Cc1ccc(C(C#N)NC2CCCC2)c(C)c1. The molecule has 2 heteroatoms. The Morgan fingerprint density at radius 2 is 2.00 bits per heavy atom. The monoisotopic (exact) mass is 228 g/mol. The molecule has 0 radical (unpaired) electrons. The van der Waals surface area contributed by atoms with Crippen LogP contribution >= 0.6 is 0 Å². The third-order valence-corrected chi connectivity index (χ3v) is 3.62. The Labute approximate surface area is 104 Å². The van der Waals surface area contributed by atoms with E-state index in [1.165, 1.54) is 36.8 Å². The van der Waals surface area contributed by atoms with Crippen LogP contribution in [0.3, 0.4) is 0 Å². The third kappa shape index (κ3) is 2.87. The van der Waals surface area contributed by atoms with E-state index in [1.807, 2.05) is 0 Å². The molecule has 1 fully saturated rings. The topological polar surface area (TPSA) is 35.8 Å². The summed E-state index contributed by atoms with van der Waals surface area (Å²) in [7, 11) is 0. The molecule has 2 rings (SSSR count). The van der Waals surface area contributed by atoms with E-state index in [0.29, 0.717) is 6.04 Å². The smallest absolute Gasteiger partial charge is 0.121 e. The van der Waals surface area contributed by atoms with Crippen LogP contribution in [-0.4, -0.2) is 6.04 Å². The van der Waals surface area contributed by atoms with Crippen LogP contribution in [0.4, 0.5) is 0 Å². The molecule has 0 amide bonds. The second-order valence-corrected chi connectivity index (χ2v) is 5.07. The Balaban J connectivity index is 2.14. The molecule has 2 nitrogen and oxygen atoms in total. The molecule has 0 spiro atoms. The van der Waals surface area contributed by atoms with Gasteiger partial charge in [-0.1, -0.05) is 36.6 Å². The van der Waals surface area contributed by atoms with Crippen LogP contribution in [-0.2, 0) is 0 Å². The molecule has 0 bridgehead atoms. The van der Waals surface area contributed by atoms with E-state index in [0.717, 1.165) is 5.56 Å². The lowest BCUT2D eigenvalue weighted by molar-refractivity contribution is 0.491. The van der Waals surface area contributed by atoms with Gasteiger partial charge in [-0.3, -0.25) is 5.32 Å². The van der Waals surface area contributed by atoms with Gasteiger partial charge < -0.3 is 0 Å². The van der Waals surface area contributed by atoms with Crippen molar-refractivity contribution < 1.29 is 0 Å². The third-order valence-electron chi connectivity index (χ3n) is 3.62. The van der Waals surface area contributed by atoms with E-state index < -0.39 is 0 Å². The van der Waals surface area contributed by atoms with Crippen molar-refractivity contribution in [3.8, 4) is 6.07 Å². The van der Waals surface area contributed by atoms with Gasteiger partial charge in [0.15, 0.2) is 0 Å². The van der Waals surface area contributed by atoms with Gasteiger partial charge in [-0.2, -0.15) is 5.26 Å². The lowest BCUT2D eigenvalue weighted by Gasteiger charge is -2.19. The molecule has 17 heavy (non-hydrogen) atoms. The van der Waals surface area contributed by atoms with E-state index in [-0.39, 0.29) is 6.04 Å². The number of hydrogen-bond donors (Lipinski definition) is 1. The summed E-state index contributed by atoms with van der Waals surface area (Å²) in [6, 6.07) is 9.09. The summed E-state index contributed by atoms with van der Waals surface area (Å²) in [5.74, 6) is 0. The van der Waals surface area contributed by atoms with Gasteiger partial charge >= 0.3 is 0 Å². The molecular formula is C15H20N2. The molecule has 0 aromatic heterocycles. The molecule has 1 aliphatic rings. The normalized spacial score (nSPS) is 17.9. The van der Waals surface area contributed by atoms with Crippen LogP contribution in [0.25, 0.3) is 0 Å². The second-order valence-electron chi connectivity index (χ2n) is 5.07. The fourth-order valence-electron chi connectivity index (χ4n) is 2.67. The van der Waals surface area contributed by atoms with E-state index >= 15 is 0 Å². The maximum Gasteiger partial charge on any atom is 0.121 e. The minimum absolute atomic E-state index is 0.154. The molecular weight excluding hydrogens is 208 g/mol. The van der Waals surface area contributed by atoms with Crippen molar-refractivity contribution in [2.24, 2.45) is 0 Å². The molecule has 1 saturated carbocycles. The summed E-state index contributed by atoms with van der Waals surface area (Å²) in [4.78, 5) is 0. The van der Waals surface area contributed by atoms with Gasteiger partial charge in [0.1, 0.15) is 6.04 Å². The highest BCUT2D eigenvalue weighted by Gasteiger charge is 2.20. The molecule has 1 N–H and O–H groups in total. The minimum Gasteiger partial charge on any atom is -0.295 e. The Bertz CT molecular complexity index is 425. The molecule has 1 aromatic carbocycles. The summed E-state index contributed by atoms with van der Waals surface area (Å²) >= 11 is 0. The Morgan fingerprint density at radius 3 is 2.59 bits per heavy atom. The molecule has 0 heterocycles. The first-order valence-corrected chi connectivity index (χ1v) is 6.43. The molecule has 1 atom stereocenters. The van der Waals surface area contributed by atoms with Gasteiger partial charge in [0.05, 0.1) is 6.07 Å². The zero-order valence-electron chi connectivity index (χ0n) is 10.7. The van der Waals surface area contributed by atoms with Crippen LogP contribution in [0.15, 0.2) is 18.2 Å². The van der Waals surface area contributed by atoms with Gasteiger partial charge in [0, 0.05) is 6.04 Å². The van der Waals surface area contributed by atoms with Crippen LogP contribution < -0.4 is 5.32 Å². The molecule has 1 unspecified atom stereocenters. The zero-order valence-corrected chi connectivity index (χ0v) is 10.7. The fourth-order valence-corrected chi connectivity index (χ4v) is 2.67. The van der Waals surface area contributed by atoms with Crippen molar-refractivity contribution in [1.29, 1.82) is 5.26 Å². The highest BCUT2D eigenvalue weighted by Crippen LogP contribution is 2.24. The predicted octanol–water partition coefficient (Wildman–Crippen LogP) is 3.40. The first-order chi connectivity index (χ1) is 8.20. The lowest BCUT2D eigenvalue weighted by atomic mass is 9.99. The van der Waals surface area contributed by atoms with Crippen molar-refractivity contribution in [3.63, 3.8) is 0 Å². The number of rotatable bonds is 3. The number of benzene rings is 1. The summed E-state index contributed by atoms with van der Waals surface area (Å²) in [6.07, 6.45) is 5.01. The molecule has 90 valence electrons. The first kappa shape index (κ1) is 12.1. The zero-order chi connectivity index (χ0) is 12.3. The van der Waals surface area contributed by atoms with E-state index in [2.05, 4.69) is 43.4 Å². The lowest BCUT2D eigenvalue weighted by Crippen LogP contribution is -2.30. The van der Waals surface area contributed by atoms with Crippen molar-refractivity contribution >= 4 is 0 Å². The average molecular weight is 228 g/mol. The highest BCUT2D eigenvalue weighted by atomic mass is 15.0. The molecule has 0 aliphatic heterocycles. The number of hydrogen-bond acceptors (Lipinski definition) is 2. The predicted molar refractivity (Wildman–Crippen MR) is 69.7 cm³/mol. The van der Waals surface area contributed by atoms with E-state index in [1.54, 1.807) is 0 Å². The first-order valence-electron chi connectivity index (χ1n) is 6.43. The number of aryl methyl sites for hydroxylation is 2. The standard InChI is InChI=1S/C15H20N2/c1-11-7-8-14(12(2)9-11)15(10-16)17-13-5-3-4-6-13/h7-9,13,15,17H,3-6H2,1-2H3. The largest absolute Gasteiger partial charge is 0.295 e. The average Bonchev–Trinajstić information content (AvgIpc) is 2.79. The Morgan fingerprint density at radius 1 is 1.29 bits per heavy atom. The Hall–Kier alpha value is -1.33. The number of nitrogens with zero attached hydrogens (tertiary/aromatic N) is 1. The van der Waals surface area contributed by atoms with Crippen LogP contribution in [0.1, 0.15) is 48.4 Å². The molecule has 1 aromatic rings. The summed E-state index contributed by atoms with van der Waals surface area (Å²) in [5.41, 5.74) is 3.59. The summed E-state index contributed by atoms with van der Waals surface area (Å²) < 4.78 is 0. The van der Waals surface area contributed by atoms with Gasteiger partial charge in [-0.05, 0) is 37.8 Å². The number of nitriles is 1. The fraction of sp³-hybridized carbons (Fsp3) is 0.533. The molecule has 1 aliphatic carbocycles. The summed E-state index contributed by atoms with van der Waals surface area (Å²) in [6.45, 7) is 4.17. The van der Waals surface area contributed by atoms with Crippen LogP contribution in [0.5, 0.6) is 0 Å². The van der Waals surface area contributed by atoms with Crippen molar-refractivity contribution in [2.45, 2.75) is 51.6 Å². The highest BCUT2D eigenvalue weighted by molar-refractivity contribution is 5.35. The summed E-state index contributed by atoms with van der Waals surface area (Å²) in [5, 5.41) is 12.8. The van der Waals surface area contributed by atoms with E-state index in [9.17, 15) is 5.26 Å². The quantitative estimate of drug-likeness (QED) is 0.860. The van der Waals surface area contributed by atoms with Crippen LogP contribution in [0.2, 0.25) is 0 Å². The van der Waals surface area contributed by atoms with Crippen LogP contribution in [0, 0.1) is 25.2 Å². The van der Waals surface area contributed by atoms with Gasteiger partial charge in [-0.25, -0.2) is 0 Å². The second kappa shape index (κ2) is 5.33. The Kier molecular flexibility index (Phi) is 3.81. The van der Waals surface area contributed by atoms with Gasteiger partial charge in [0.25, 0.3) is 0 Å². The minimum atomic E-state index is -0.154. The van der Waals surface area contributed by atoms with Gasteiger partial charge in [0.2, 0.25) is 0 Å². The van der Waals surface area contributed by atoms with Gasteiger partial charge in [-0.15, -0.1) is 0 Å². The van der Waals surface area contributed by atoms with Crippen molar-refractivity contribution in [2.75, 3.05) is 0 Å². The maximum absolute atomic E-state index is 9.32. The maximum atomic E-state index is 9.32. The van der Waals surface area contributed by atoms with Crippen molar-refractivity contribution in [1.82, 2.24) is 5.32 Å². The van der Waals surface area contributed by atoms with Crippen molar-refractivity contribution in [3.05, 3.63) is 34.9 Å². The molecule has 0 saturated heterocycles. The van der Waals surface area contributed by atoms with E-state index in [4.69, 9.17) is 0 Å².